The van der Waals surface area contributed by atoms with Crippen LogP contribution in [0.4, 0.5) is 5.82 Å². The summed E-state index contributed by atoms with van der Waals surface area (Å²) in [5, 5.41) is 12.2. The maximum Gasteiger partial charge on any atom is 0.224 e. The van der Waals surface area contributed by atoms with E-state index in [4.69, 9.17) is 9.84 Å². The Kier molecular flexibility index (Phi) is 5.11. The topological polar surface area (TPSA) is 67.3 Å². The highest BCUT2D eigenvalue weighted by atomic mass is 16.5. The van der Waals surface area contributed by atoms with Crippen LogP contribution in [0, 0.1) is 0 Å². The highest BCUT2D eigenvalue weighted by Crippen LogP contribution is 2.24. The molecule has 2 aromatic rings. The molecule has 0 unspecified atom stereocenters. The molecule has 0 amide bonds. The van der Waals surface area contributed by atoms with Gasteiger partial charge < -0.3 is 15.2 Å². The molecule has 2 rings (SSSR count). The van der Waals surface area contributed by atoms with Gasteiger partial charge in [-0.15, -0.1) is 0 Å². The van der Waals surface area contributed by atoms with E-state index >= 15 is 0 Å². The van der Waals surface area contributed by atoms with Crippen molar-refractivity contribution in [2.45, 2.75) is 33.3 Å². The number of aliphatic hydroxyl groups excluding tert-OH is 1. The first-order valence-corrected chi connectivity index (χ1v) is 7.13. The van der Waals surface area contributed by atoms with Crippen LogP contribution < -0.4 is 10.1 Å². The molecule has 0 bridgehead atoms. The predicted octanol–water partition coefficient (Wildman–Crippen LogP) is 3.32. The lowest BCUT2D eigenvalue weighted by atomic mass is 10.2. The standard InChI is InChI=1S/C16H21N3O2/c1-4-17-14-9-15(19-16(18-14)11(2)3)21-13-7-5-12(10-20)6-8-13/h5-9,11,20H,4,10H2,1-3H3,(H,17,18,19). The normalized spacial score (nSPS) is 10.7. The third-order valence-electron chi connectivity index (χ3n) is 2.92. The van der Waals surface area contributed by atoms with Crippen molar-refractivity contribution in [1.82, 2.24) is 9.97 Å². The predicted molar refractivity (Wildman–Crippen MR) is 82.7 cm³/mol. The number of rotatable bonds is 6. The summed E-state index contributed by atoms with van der Waals surface area (Å²) < 4.78 is 5.78. The maximum atomic E-state index is 9.04. The van der Waals surface area contributed by atoms with Gasteiger partial charge in [-0.3, -0.25) is 0 Å². The molecule has 0 aliphatic rings. The van der Waals surface area contributed by atoms with Gasteiger partial charge in [-0.05, 0) is 24.6 Å². The van der Waals surface area contributed by atoms with E-state index in [0.29, 0.717) is 11.6 Å². The Hall–Kier alpha value is -2.14. The van der Waals surface area contributed by atoms with Crippen LogP contribution in [0.5, 0.6) is 11.6 Å². The number of nitrogens with zero attached hydrogens (tertiary/aromatic N) is 2. The van der Waals surface area contributed by atoms with Crippen LogP contribution in [0.1, 0.15) is 38.1 Å². The number of aromatic nitrogens is 2. The second-order valence-corrected chi connectivity index (χ2v) is 5.04. The fourth-order valence-corrected chi connectivity index (χ4v) is 1.81. The maximum absolute atomic E-state index is 9.04. The molecule has 0 atom stereocenters. The van der Waals surface area contributed by atoms with Gasteiger partial charge in [0.25, 0.3) is 0 Å². The molecule has 1 aromatic carbocycles. The monoisotopic (exact) mass is 287 g/mol. The molecule has 5 heteroatoms. The van der Waals surface area contributed by atoms with Gasteiger partial charge in [0.1, 0.15) is 17.4 Å². The van der Waals surface area contributed by atoms with Crippen LogP contribution in [-0.4, -0.2) is 21.6 Å². The fourth-order valence-electron chi connectivity index (χ4n) is 1.81. The van der Waals surface area contributed by atoms with E-state index < -0.39 is 0 Å². The summed E-state index contributed by atoms with van der Waals surface area (Å²) in [5.41, 5.74) is 0.848. The number of aliphatic hydroxyl groups is 1. The summed E-state index contributed by atoms with van der Waals surface area (Å²) in [6, 6.07) is 9.07. The summed E-state index contributed by atoms with van der Waals surface area (Å²) in [7, 11) is 0. The van der Waals surface area contributed by atoms with E-state index in [0.717, 1.165) is 23.8 Å². The number of hydrogen-bond donors (Lipinski definition) is 2. The Balaban J connectivity index is 2.24. The van der Waals surface area contributed by atoms with Crippen molar-refractivity contribution in [3.8, 4) is 11.6 Å². The summed E-state index contributed by atoms with van der Waals surface area (Å²) in [6.45, 7) is 6.93. The van der Waals surface area contributed by atoms with Crippen LogP contribution >= 0.6 is 0 Å². The van der Waals surface area contributed by atoms with Gasteiger partial charge in [-0.1, -0.05) is 26.0 Å². The zero-order valence-electron chi connectivity index (χ0n) is 12.6. The molecule has 112 valence electrons. The highest BCUT2D eigenvalue weighted by molar-refractivity contribution is 5.40. The minimum absolute atomic E-state index is 0.0237. The third-order valence-corrected chi connectivity index (χ3v) is 2.92. The average molecular weight is 287 g/mol. The fraction of sp³-hybridized carbons (Fsp3) is 0.375. The molecule has 2 N–H and O–H groups in total. The van der Waals surface area contributed by atoms with Gasteiger partial charge in [0.2, 0.25) is 5.88 Å². The molecule has 0 fully saturated rings. The molecule has 0 saturated heterocycles. The van der Waals surface area contributed by atoms with E-state index in [2.05, 4.69) is 15.3 Å². The van der Waals surface area contributed by atoms with E-state index in [1.54, 1.807) is 6.07 Å². The number of benzene rings is 1. The first-order valence-electron chi connectivity index (χ1n) is 7.13. The Morgan fingerprint density at radius 1 is 1.19 bits per heavy atom. The quantitative estimate of drug-likeness (QED) is 0.853. The smallest absolute Gasteiger partial charge is 0.224 e. The van der Waals surface area contributed by atoms with Gasteiger partial charge in [-0.2, -0.15) is 4.98 Å². The number of anilines is 1. The van der Waals surface area contributed by atoms with E-state index in [1.165, 1.54) is 0 Å². The number of hydrogen-bond acceptors (Lipinski definition) is 5. The van der Waals surface area contributed by atoms with Crippen molar-refractivity contribution < 1.29 is 9.84 Å². The van der Waals surface area contributed by atoms with E-state index in [-0.39, 0.29) is 12.5 Å². The zero-order chi connectivity index (χ0) is 15.2. The first kappa shape index (κ1) is 15.3. The van der Waals surface area contributed by atoms with Crippen molar-refractivity contribution >= 4 is 5.82 Å². The zero-order valence-corrected chi connectivity index (χ0v) is 12.6. The molecule has 0 aliphatic carbocycles. The van der Waals surface area contributed by atoms with Gasteiger partial charge in [0.05, 0.1) is 6.61 Å². The second-order valence-electron chi connectivity index (χ2n) is 5.04. The summed E-state index contributed by atoms with van der Waals surface area (Å²) >= 11 is 0. The number of ether oxygens (including phenoxy) is 1. The molecule has 0 saturated carbocycles. The Labute approximate surface area is 125 Å². The first-order chi connectivity index (χ1) is 10.1. The largest absolute Gasteiger partial charge is 0.439 e. The minimum Gasteiger partial charge on any atom is -0.439 e. The lowest BCUT2D eigenvalue weighted by molar-refractivity contribution is 0.281. The van der Waals surface area contributed by atoms with Crippen molar-refractivity contribution in [1.29, 1.82) is 0 Å². The van der Waals surface area contributed by atoms with Crippen LogP contribution in [0.2, 0.25) is 0 Å². The Bertz CT molecular complexity index is 583. The van der Waals surface area contributed by atoms with Crippen molar-refractivity contribution in [3.63, 3.8) is 0 Å². The molecular formula is C16H21N3O2. The lowest BCUT2D eigenvalue weighted by Crippen LogP contribution is -2.05. The van der Waals surface area contributed by atoms with Crippen LogP contribution in [-0.2, 0) is 6.61 Å². The van der Waals surface area contributed by atoms with Crippen molar-refractivity contribution in [2.24, 2.45) is 0 Å². The third kappa shape index (κ3) is 4.16. The molecule has 0 radical (unpaired) electrons. The summed E-state index contributed by atoms with van der Waals surface area (Å²) in [6.07, 6.45) is 0. The molecular weight excluding hydrogens is 266 g/mol. The molecule has 1 aromatic heterocycles. The molecule has 0 spiro atoms. The van der Waals surface area contributed by atoms with E-state index in [1.807, 2.05) is 45.0 Å². The molecule has 0 aliphatic heterocycles. The Morgan fingerprint density at radius 2 is 1.90 bits per heavy atom. The molecule has 1 heterocycles. The lowest BCUT2D eigenvalue weighted by Gasteiger charge is -2.11. The Morgan fingerprint density at radius 3 is 2.48 bits per heavy atom. The highest BCUT2D eigenvalue weighted by Gasteiger charge is 2.09. The minimum atomic E-state index is 0.0237. The summed E-state index contributed by atoms with van der Waals surface area (Å²) in [5.74, 6) is 2.93. The summed E-state index contributed by atoms with van der Waals surface area (Å²) in [4.78, 5) is 8.89. The second kappa shape index (κ2) is 7.04. The van der Waals surface area contributed by atoms with Crippen molar-refractivity contribution in [2.75, 3.05) is 11.9 Å². The average Bonchev–Trinajstić information content (AvgIpc) is 2.48. The van der Waals surface area contributed by atoms with E-state index in [9.17, 15) is 0 Å². The SMILES string of the molecule is CCNc1cc(Oc2ccc(CO)cc2)nc(C(C)C)n1. The van der Waals surface area contributed by atoms with Gasteiger partial charge in [0.15, 0.2) is 0 Å². The van der Waals surface area contributed by atoms with Gasteiger partial charge >= 0.3 is 0 Å². The van der Waals surface area contributed by atoms with Crippen molar-refractivity contribution in [3.05, 3.63) is 41.7 Å². The number of nitrogens with one attached hydrogen (secondary N) is 1. The van der Waals surface area contributed by atoms with Crippen LogP contribution in [0.3, 0.4) is 0 Å². The van der Waals surface area contributed by atoms with Crippen LogP contribution in [0.25, 0.3) is 0 Å². The van der Waals surface area contributed by atoms with Gasteiger partial charge in [-0.25, -0.2) is 4.98 Å². The molecule has 21 heavy (non-hydrogen) atoms. The van der Waals surface area contributed by atoms with Crippen LogP contribution in [0.15, 0.2) is 30.3 Å². The molecule has 5 nitrogen and oxygen atoms in total. The van der Waals surface area contributed by atoms with Gasteiger partial charge in [0, 0.05) is 18.5 Å².